The first-order chi connectivity index (χ1) is 20.8. The molecule has 0 spiro atoms. The van der Waals surface area contributed by atoms with E-state index in [1.807, 2.05) is 51.1 Å². The third-order valence-corrected chi connectivity index (χ3v) is 7.34. The molecule has 1 unspecified atom stereocenters. The van der Waals surface area contributed by atoms with Crippen LogP contribution in [0.2, 0.25) is 0 Å². The van der Waals surface area contributed by atoms with E-state index < -0.39 is 59.8 Å². The van der Waals surface area contributed by atoms with Gasteiger partial charge in [-0.3, -0.25) is 24.0 Å². The van der Waals surface area contributed by atoms with Crippen LogP contribution in [0.5, 0.6) is 0 Å². The fourth-order valence-electron chi connectivity index (χ4n) is 4.80. The summed E-state index contributed by atoms with van der Waals surface area (Å²) in [6.45, 7) is 8.78. The van der Waals surface area contributed by atoms with Gasteiger partial charge in [-0.1, -0.05) is 64.4 Å². The van der Waals surface area contributed by atoms with Crippen LogP contribution in [0.3, 0.4) is 0 Å². The molecule has 0 bridgehead atoms. The van der Waals surface area contributed by atoms with Gasteiger partial charge in [0.15, 0.2) is 0 Å². The fourth-order valence-corrected chi connectivity index (χ4v) is 4.80. The molecule has 6 atom stereocenters. The van der Waals surface area contributed by atoms with E-state index >= 15 is 0 Å². The van der Waals surface area contributed by atoms with Gasteiger partial charge < -0.3 is 37.1 Å². The van der Waals surface area contributed by atoms with Gasteiger partial charge in [-0.05, 0) is 23.8 Å². The smallest absolute Gasteiger partial charge is 0.243 e. The van der Waals surface area contributed by atoms with E-state index in [0.717, 1.165) is 5.56 Å². The van der Waals surface area contributed by atoms with E-state index in [4.69, 9.17) is 5.73 Å². The van der Waals surface area contributed by atoms with Crippen molar-refractivity contribution in [1.82, 2.24) is 31.2 Å². The van der Waals surface area contributed by atoms with Crippen LogP contribution in [0, 0.1) is 11.8 Å². The first-order valence-electron chi connectivity index (χ1n) is 15.0. The number of amides is 5. The summed E-state index contributed by atoms with van der Waals surface area (Å²) >= 11 is 0. The second-order valence-corrected chi connectivity index (χ2v) is 11.6. The van der Waals surface area contributed by atoms with Crippen molar-refractivity contribution in [3.05, 3.63) is 54.1 Å². The normalized spacial score (nSPS) is 15.2. The molecule has 2 aromatic rings. The monoisotopic (exact) mass is 613 g/mol. The molecule has 13 heteroatoms. The molecular formula is C31H47N7O6. The Morgan fingerprint density at radius 1 is 0.932 bits per heavy atom. The molecule has 0 aliphatic rings. The van der Waals surface area contributed by atoms with Gasteiger partial charge in [0.05, 0.1) is 24.9 Å². The Balaban J connectivity index is 2.23. The van der Waals surface area contributed by atoms with Crippen molar-refractivity contribution in [3.63, 3.8) is 0 Å². The number of benzene rings is 1. The van der Waals surface area contributed by atoms with Gasteiger partial charge in [0.25, 0.3) is 0 Å². The Morgan fingerprint density at radius 3 is 2.11 bits per heavy atom. The summed E-state index contributed by atoms with van der Waals surface area (Å²) in [5.74, 6) is -2.97. The number of aromatic nitrogens is 2. The lowest BCUT2D eigenvalue weighted by molar-refractivity contribution is -0.133. The second kappa shape index (κ2) is 17.8. The molecular weight excluding hydrogens is 566 g/mol. The lowest BCUT2D eigenvalue weighted by atomic mass is 9.95. The van der Waals surface area contributed by atoms with Gasteiger partial charge >= 0.3 is 0 Å². The number of nitrogens with one attached hydrogen (secondary N) is 5. The van der Waals surface area contributed by atoms with Crippen molar-refractivity contribution in [1.29, 1.82) is 0 Å². The first kappa shape index (κ1) is 35.9. The minimum absolute atomic E-state index is 0.0344. The van der Waals surface area contributed by atoms with Crippen molar-refractivity contribution in [3.8, 4) is 0 Å². The minimum Gasteiger partial charge on any atom is -0.390 e. The molecule has 0 saturated heterocycles. The van der Waals surface area contributed by atoms with Crippen LogP contribution in [0.15, 0.2) is 42.9 Å². The number of aliphatic hydroxyl groups is 1. The first-order valence-corrected chi connectivity index (χ1v) is 15.0. The molecule has 44 heavy (non-hydrogen) atoms. The van der Waals surface area contributed by atoms with Gasteiger partial charge in [0.1, 0.15) is 18.1 Å². The highest BCUT2D eigenvalue weighted by Crippen LogP contribution is 2.14. The number of nitrogens with zero attached hydrogens (tertiary/aromatic N) is 1. The van der Waals surface area contributed by atoms with Gasteiger partial charge in [0.2, 0.25) is 29.5 Å². The maximum absolute atomic E-state index is 13.7. The van der Waals surface area contributed by atoms with Crippen LogP contribution in [0.4, 0.5) is 0 Å². The summed E-state index contributed by atoms with van der Waals surface area (Å²) in [6, 6.07) is 5.37. The second-order valence-electron chi connectivity index (χ2n) is 11.6. The molecule has 242 valence electrons. The van der Waals surface area contributed by atoms with Gasteiger partial charge in [-0.25, -0.2) is 4.98 Å². The zero-order valence-corrected chi connectivity index (χ0v) is 26.1. The Hall–Kier alpha value is -4.26. The Kier molecular flexibility index (Phi) is 14.5. The lowest BCUT2D eigenvalue weighted by Crippen LogP contribution is -2.57. The van der Waals surface area contributed by atoms with Crippen molar-refractivity contribution < 1.29 is 29.1 Å². The highest BCUT2D eigenvalue weighted by molar-refractivity contribution is 5.92. The molecule has 0 aliphatic carbocycles. The molecule has 1 aromatic carbocycles. The summed E-state index contributed by atoms with van der Waals surface area (Å²) in [4.78, 5) is 70.6. The number of carbonyl (C=O) groups is 5. The quantitative estimate of drug-likeness (QED) is 0.126. The molecule has 8 N–H and O–H groups in total. The number of hydrogen-bond donors (Lipinski definition) is 7. The maximum Gasteiger partial charge on any atom is 0.243 e. The number of imidazole rings is 1. The molecule has 5 amide bonds. The average Bonchev–Trinajstić information content (AvgIpc) is 3.47. The summed E-state index contributed by atoms with van der Waals surface area (Å²) in [7, 11) is 0. The van der Waals surface area contributed by atoms with Crippen LogP contribution < -0.4 is 27.0 Å². The van der Waals surface area contributed by atoms with Crippen molar-refractivity contribution >= 4 is 29.5 Å². The summed E-state index contributed by atoms with van der Waals surface area (Å²) < 4.78 is 0. The number of H-pyrrole nitrogens is 1. The standard InChI is InChI=1S/C31H47N7O6/c1-6-19(4)28(29(32)42)38-27(41)15-26(40)23(12-18(2)3)36-31(44)25(14-22-16-33-17-34-22)37-30(43)24(35-20(5)39)13-21-10-8-7-9-11-21/h7-11,16-19,23-26,28,40H,6,12-15H2,1-5H3,(H2,32,42)(H,33,34)(H,35,39)(H,36,44)(H,37,43)(H,38,41)/t19-,23-,24-,25-,26?,28-/m0/s1. The Bertz CT molecular complexity index is 1220. The van der Waals surface area contributed by atoms with E-state index in [1.54, 1.807) is 6.92 Å². The molecule has 2 rings (SSSR count). The highest BCUT2D eigenvalue weighted by Gasteiger charge is 2.32. The number of aromatic amines is 1. The summed E-state index contributed by atoms with van der Waals surface area (Å²) in [5.41, 5.74) is 6.86. The molecule has 0 saturated carbocycles. The van der Waals surface area contributed by atoms with E-state index in [2.05, 4.69) is 31.2 Å². The third-order valence-electron chi connectivity index (χ3n) is 7.34. The largest absolute Gasteiger partial charge is 0.390 e. The maximum atomic E-state index is 13.7. The number of aliphatic hydroxyl groups excluding tert-OH is 1. The zero-order chi connectivity index (χ0) is 32.8. The average molecular weight is 614 g/mol. The summed E-state index contributed by atoms with van der Waals surface area (Å²) in [6.07, 6.45) is 2.51. The summed E-state index contributed by atoms with van der Waals surface area (Å²) in [5, 5.41) is 21.9. The van der Waals surface area contributed by atoms with Crippen molar-refractivity contribution in [2.45, 2.75) is 97.0 Å². The number of carbonyl (C=O) groups excluding carboxylic acids is 5. The van der Waals surface area contributed by atoms with E-state index in [-0.39, 0.29) is 31.1 Å². The predicted molar refractivity (Wildman–Crippen MR) is 165 cm³/mol. The third kappa shape index (κ3) is 12.2. The van der Waals surface area contributed by atoms with Crippen molar-refractivity contribution in [2.24, 2.45) is 17.6 Å². The predicted octanol–water partition coefficient (Wildman–Crippen LogP) is 0.483. The van der Waals surface area contributed by atoms with Gasteiger partial charge in [0, 0.05) is 31.7 Å². The van der Waals surface area contributed by atoms with Gasteiger partial charge in [-0.15, -0.1) is 0 Å². The fraction of sp³-hybridized carbons (Fsp3) is 0.548. The van der Waals surface area contributed by atoms with Crippen LogP contribution in [-0.4, -0.2) is 74.9 Å². The number of rotatable bonds is 18. The van der Waals surface area contributed by atoms with Crippen molar-refractivity contribution in [2.75, 3.05) is 0 Å². The molecule has 1 heterocycles. The van der Waals surface area contributed by atoms with Crippen LogP contribution in [0.1, 0.15) is 65.1 Å². The van der Waals surface area contributed by atoms with Gasteiger partial charge in [-0.2, -0.15) is 0 Å². The number of nitrogens with two attached hydrogens (primary N) is 1. The SMILES string of the molecule is CC[C@H](C)[C@H](NC(=O)CC(O)[C@H](CC(C)C)NC(=O)[C@H](Cc1cnc[nH]1)NC(=O)[C@H](Cc1ccccc1)NC(C)=O)C(N)=O. The topological polar surface area (TPSA) is 208 Å². The minimum atomic E-state index is -1.29. The molecule has 0 fully saturated rings. The van der Waals surface area contributed by atoms with E-state index in [0.29, 0.717) is 18.5 Å². The Labute approximate surface area is 258 Å². The number of hydrogen-bond acceptors (Lipinski definition) is 7. The zero-order valence-electron chi connectivity index (χ0n) is 26.1. The van der Waals surface area contributed by atoms with Crippen LogP contribution in [0.25, 0.3) is 0 Å². The molecule has 0 radical (unpaired) electrons. The Morgan fingerprint density at radius 2 is 1.57 bits per heavy atom. The molecule has 13 nitrogen and oxygen atoms in total. The van der Waals surface area contributed by atoms with Crippen LogP contribution in [-0.2, 0) is 36.8 Å². The van der Waals surface area contributed by atoms with Crippen LogP contribution >= 0.6 is 0 Å². The van der Waals surface area contributed by atoms with E-state index in [1.165, 1.54) is 19.4 Å². The highest BCUT2D eigenvalue weighted by atomic mass is 16.3. The van der Waals surface area contributed by atoms with E-state index in [9.17, 15) is 29.1 Å². The number of primary amides is 1. The molecule has 1 aromatic heterocycles. The molecule has 0 aliphatic heterocycles. The lowest BCUT2D eigenvalue weighted by Gasteiger charge is -2.29.